The number of carbonyl (C=O) groups excluding carboxylic acids is 1. The average Bonchev–Trinajstić information content (AvgIpc) is 3.13. The van der Waals surface area contributed by atoms with Crippen molar-refractivity contribution in [1.29, 1.82) is 0 Å². The van der Waals surface area contributed by atoms with Crippen molar-refractivity contribution in [3.8, 4) is 0 Å². The van der Waals surface area contributed by atoms with Gasteiger partial charge in [0.2, 0.25) is 0 Å². The summed E-state index contributed by atoms with van der Waals surface area (Å²) in [6.45, 7) is 0.729. The van der Waals surface area contributed by atoms with Crippen LogP contribution in [0.3, 0.4) is 0 Å². The number of thiol groups is 1. The molecule has 1 heterocycles. The van der Waals surface area contributed by atoms with Crippen LogP contribution in [0.5, 0.6) is 0 Å². The standard InChI is InChI=1S/C14H16ClNO2S/c15-11-4-3-9(19)7-10(11)14(17)16-12-5-6-18-13(12)8-1-2-8/h3-4,7-8,12-13,19H,1-2,5-6H2,(H,16,17). The first-order valence-electron chi connectivity index (χ1n) is 6.56. The van der Waals surface area contributed by atoms with Crippen molar-refractivity contribution in [2.24, 2.45) is 5.92 Å². The Hall–Kier alpha value is -0.710. The van der Waals surface area contributed by atoms with Crippen molar-refractivity contribution >= 4 is 30.1 Å². The summed E-state index contributed by atoms with van der Waals surface area (Å²) in [5, 5.41) is 3.51. The molecule has 1 aromatic carbocycles. The van der Waals surface area contributed by atoms with Gasteiger partial charge in [-0.1, -0.05) is 11.6 Å². The molecule has 2 unspecified atom stereocenters. The maximum atomic E-state index is 12.3. The van der Waals surface area contributed by atoms with Gasteiger partial charge in [-0.25, -0.2) is 0 Å². The Labute approximate surface area is 123 Å². The Morgan fingerprint density at radius 3 is 2.89 bits per heavy atom. The van der Waals surface area contributed by atoms with E-state index >= 15 is 0 Å². The van der Waals surface area contributed by atoms with Gasteiger partial charge in [0, 0.05) is 11.5 Å². The molecule has 0 radical (unpaired) electrons. The number of hydrogen-bond donors (Lipinski definition) is 2. The SMILES string of the molecule is O=C(NC1CCOC1C1CC1)c1cc(S)ccc1Cl. The van der Waals surface area contributed by atoms with Crippen LogP contribution in [-0.4, -0.2) is 24.7 Å². The van der Waals surface area contributed by atoms with Crippen molar-refractivity contribution in [2.45, 2.75) is 36.3 Å². The molecule has 0 bridgehead atoms. The van der Waals surface area contributed by atoms with E-state index in [-0.39, 0.29) is 18.1 Å². The third-order valence-electron chi connectivity index (χ3n) is 3.73. The van der Waals surface area contributed by atoms with E-state index in [9.17, 15) is 4.79 Å². The minimum atomic E-state index is -0.137. The van der Waals surface area contributed by atoms with Crippen LogP contribution >= 0.6 is 24.2 Å². The first-order valence-corrected chi connectivity index (χ1v) is 7.38. The third kappa shape index (κ3) is 2.91. The molecule has 1 aromatic rings. The minimum Gasteiger partial charge on any atom is -0.376 e. The van der Waals surface area contributed by atoms with Gasteiger partial charge in [0.25, 0.3) is 5.91 Å². The number of ether oxygens (including phenoxy) is 1. The van der Waals surface area contributed by atoms with Crippen molar-refractivity contribution < 1.29 is 9.53 Å². The smallest absolute Gasteiger partial charge is 0.253 e. The Morgan fingerprint density at radius 1 is 1.37 bits per heavy atom. The molecular weight excluding hydrogens is 282 g/mol. The summed E-state index contributed by atoms with van der Waals surface area (Å²) >= 11 is 10.3. The van der Waals surface area contributed by atoms with Crippen LogP contribution in [0.4, 0.5) is 0 Å². The quantitative estimate of drug-likeness (QED) is 0.842. The lowest BCUT2D eigenvalue weighted by atomic mass is 10.1. The van der Waals surface area contributed by atoms with Gasteiger partial charge in [0.15, 0.2) is 0 Å². The summed E-state index contributed by atoms with van der Waals surface area (Å²) in [6, 6.07) is 5.28. The molecule has 1 N–H and O–H groups in total. The van der Waals surface area contributed by atoms with Crippen molar-refractivity contribution in [3.05, 3.63) is 28.8 Å². The molecule has 1 aliphatic carbocycles. The van der Waals surface area contributed by atoms with Crippen LogP contribution in [0.15, 0.2) is 23.1 Å². The summed E-state index contributed by atoms with van der Waals surface area (Å²) in [7, 11) is 0. The van der Waals surface area contributed by atoms with Gasteiger partial charge < -0.3 is 10.1 Å². The first kappa shape index (κ1) is 13.3. The fraction of sp³-hybridized carbons (Fsp3) is 0.500. The fourth-order valence-electron chi connectivity index (χ4n) is 2.59. The summed E-state index contributed by atoms with van der Waals surface area (Å²) in [5.74, 6) is 0.488. The molecule has 0 spiro atoms. The van der Waals surface area contributed by atoms with Crippen LogP contribution < -0.4 is 5.32 Å². The highest BCUT2D eigenvalue weighted by molar-refractivity contribution is 7.80. The van der Waals surface area contributed by atoms with Crippen molar-refractivity contribution in [3.63, 3.8) is 0 Å². The van der Waals surface area contributed by atoms with Gasteiger partial charge in [0.1, 0.15) is 0 Å². The highest BCUT2D eigenvalue weighted by atomic mass is 35.5. The highest BCUT2D eigenvalue weighted by Crippen LogP contribution is 2.38. The Kier molecular flexibility index (Phi) is 3.74. The molecule has 2 aliphatic rings. The number of amides is 1. The molecule has 1 amide bonds. The third-order valence-corrected chi connectivity index (χ3v) is 4.34. The fourth-order valence-corrected chi connectivity index (χ4v) is 3.00. The molecule has 1 aliphatic heterocycles. The Balaban J connectivity index is 1.72. The average molecular weight is 298 g/mol. The highest BCUT2D eigenvalue weighted by Gasteiger charge is 2.41. The van der Waals surface area contributed by atoms with Crippen LogP contribution in [0.1, 0.15) is 29.6 Å². The predicted molar refractivity (Wildman–Crippen MR) is 77.0 cm³/mol. The van der Waals surface area contributed by atoms with Crippen LogP contribution in [0.25, 0.3) is 0 Å². The molecule has 19 heavy (non-hydrogen) atoms. The van der Waals surface area contributed by atoms with Gasteiger partial charge in [0.05, 0.1) is 22.7 Å². The lowest BCUT2D eigenvalue weighted by molar-refractivity contribution is 0.0729. The first-order chi connectivity index (χ1) is 9.15. The topological polar surface area (TPSA) is 38.3 Å². The second-order valence-electron chi connectivity index (χ2n) is 5.21. The monoisotopic (exact) mass is 297 g/mol. The molecular formula is C14H16ClNO2S. The van der Waals surface area contributed by atoms with E-state index < -0.39 is 0 Å². The summed E-state index contributed by atoms with van der Waals surface area (Å²) in [5.41, 5.74) is 0.482. The molecule has 1 saturated carbocycles. The molecule has 3 nitrogen and oxygen atoms in total. The number of rotatable bonds is 3. The number of carbonyl (C=O) groups is 1. The van der Waals surface area contributed by atoms with Gasteiger partial charge in [-0.05, 0) is 43.4 Å². The van der Waals surface area contributed by atoms with E-state index in [1.54, 1.807) is 18.2 Å². The van der Waals surface area contributed by atoms with E-state index in [1.165, 1.54) is 12.8 Å². The molecule has 2 atom stereocenters. The molecule has 5 heteroatoms. The lowest BCUT2D eigenvalue weighted by Crippen LogP contribution is -2.41. The maximum absolute atomic E-state index is 12.3. The summed E-state index contributed by atoms with van der Waals surface area (Å²) in [4.78, 5) is 13.0. The normalized spacial score (nSPS) is 26.4. The molecule has 1 saturated heterocycles. The van der Waals surface area contributed by atoms with E-state index in [2.05, 4.69) is 17.9 Å². The summed E-state index contributed by atoms with van der Waals surface area (Å²) < 4.78 is 5.72. The second-order valence-corrected chi connectivity index (χ2v) is 6.13. The van der Waals surface area contributed by atoms with Crippen molar-refractivity contribution in [2.75, 3.05) is 6.61 Å². The van der Waals surface area contributed by atoms with Crippen LogP contribution in [0.2, 0.25) is 5.02 Å². The molecule has 2 fully saturated rings. The van der Waals surface area contributed by atoms with Gasteiger partial charge in [-0.2, -0.15) is 0 Å². The number of halogens is 1. The maximum Gasteiger partial charge on any atom is 0.253 e. The van der Waals surface area contributed by atoms with Gasteiger partial charge in [-0.3, -0.25) is 4.79 Å². The van der Waals surface area contributed by atoms with E-state index in [4.69, 9.17) is 16.3 Å². The zero-order valence-electron chi connectivity index (χ0n) is 10.4. The van der Waals surface area contributed by atoms with Crippen LogP contribution in [-0.2, 0) is 4.74 Å². The van der Waals surface area contributed by atoms with Crippen LogP contribution in [0, 0.1) is 5.92 Å². The van der Waals surface area contributed by atoms with Gasteiger partial charge in [-0.15, -0.1) is 12.6 Å². The summed E-state index contributed by atoms with van der Waals surface area (Å²) in [6.07, 6.45) is 3.49. The van der Waals surface area contributed by atoms with E-state index in [0.717, 1.165) is 17.9 Å². The minimum absolute atomic E-state index is 0.111. The Bertz CT molecular complexity index is 504. The number of hydrogen-bond acceptors (Lipinski definition) is 3. The Morgan fingerprint density at radius 2 is 2.16 bits per heavy atom. The number of nitrogens with one attached hydrogen (secondary N) is 1. The number of benzene rings is 1. The zero-order valence-corrected chi connectivity index (χ0v) is 12.1. The van der Waals surface area contributed by atoms with E-state index in [1.807, 2.05) is 0 Å². The van der Waals surface area contributed by atoms with Crippen molar-refractivity contribution in [1.82, 2.24) is 5.32 Å². The largest absolute Gasteiger partial charge is 0.376 e. The second kappa shape index (κ2) is 5.35. The zero-order chi connectivity index (χ0) is 13.4. The lowest BCUT2D eigenvalue weighted by Gasteiger charge is -2.19. The van der Waals surface area contributed by atoms with Gasteiger partial charge >= 0.3 is 0 Å². The molecule has 3 rings (SSSR count). The van der Waals surface area contributed by atoms with E-state index in [0.29, 0.717) is 16.5 Å². The molecule has 102 valence electrons. The molecule has 0 aromatic heterocycles. The predicted octanol–water partition coefficient (Wildman–Crippen LogP) is 2.93.